The SMILES string of the molecule is CC(C)c1ncncc1NC(=O)C(C)c1cccc(Cl)c1. The van der Waals surface area contributed by atoms with Crippen molar-refractivity contribution in [3.63, 3.8) is 0 Å². The monoisotopic (exact) mass is 303 g/mol. The van der Waals surface area contributed by atoms with Crippen molar-refractivity contribution in [2.24, 2.45) is 0 Å². The van der Waals surface area contributed by atoms with Gasteiger partial charge in [0.05, 0.1) is 23.5 Å². The Morgan fingerprint density at radius 3 is 2.71 bits per heavy atom. The van der Waals surface area contributed by atoms with Crippen LogP contribution in [0.3, 0.4) is 0 Å². The van der Waals surface area contributed by atoms with Gasteiger partial charge in [-0.05, 0) is 30.5 Å². The van der Waals surface area contributed by atoms with Gasteiger partial charge < -0.3 is 5.32 Å². The van der Waals surface area contributed by atoms with Gasteiger partial charge in [-0.25, -0.2) is 9.97 Å². The molecule has 2 rings (SSSR count). The van der Waals surface area contributed by atoms with Crippen molar-refractivity contribution in [3.05, 3.63) is 53.1 Å². The Balaban J connectivity index is 2.18. The van der Waals surface area contributed by atoms with Gasteiger partial charge in [-0.3, -0.25) is 4.79 Å². The number of hydrogen-bond donors (Lipinski definition) is 1. The summed E-state index contributed by atoms with van der Waals surface area (Å²) in [4.78, 5) is 20.6. The molecule has 110 valence electrons. The standard InChI is InChI=1S/C16H18ClN3O/c1-10(2)15-14(8-18-9-19-15)20-16(21)11(3)12-5-4-6-13(17)7-12/h4-11H,1-3H3,(H,20,21). The number of carbonyl (C=O) groups excluding carboxylic acids is 1. The molecule has 21 heavy (non-hydrogen) atoms. The average molecular weight is 304 g/mol. The fourth-order valence-corrected chi connectivity index (χ4v) is 2.26. The number of nitrogens with one attached hydrogen (secondary N) is 1. The van der Waals surface area contributed by atoms with Gasteiger partial charge in [-0.2, -0.15) is 0 Å². The van der Waals surface area contributed by atoms with Crippen LogP contribution in [0, 0.1) is 0 Å². The third-order valence-corrected chi connectivity index (χ3v) is 3.52. The Labute approximate surface area is 129 Å². The first-order chi connectivity index (χ1) is 9.99. The molecular weight excluding hydrogens is 286 g/mol. The molecule has 1 N–H and O–H groups in total. The second-order valence-electron chi connectivity index (χ2n) is 5.24. The summed E-state index contributed by atoms with van der Waals surface area (Å²) >= 11 is 5.97. The van der Waals surface area contributed by atoms with Crippen LogP contribution in [-0.4, -0.2) is 15.9 Å². The Kier molecular flexibility index (Phi) is 4.91. The summed E-state index contributed by atoms with van der Waals surface area (Å²) in [5, 5.41) is 3.53. The normalized spacial score (nSPS) is 12.2. The van der Waals surface area contributed by atoms with E-state index in [0.717, 1.165) is 11.3 Å². The Morgan fingerprint density at radius 1 is 1.29 bits per heavy atom. The molecule has 0 spiro atoms. The van der Waals surface area contributed by atoms with Crippen molar-refractivity contribution in [1.29, 1.82) is 0 Å². The molecular formula is C16H18ClN3O. The van der Waals surface area contributed by atoms with E-state index in [-0.39, 0.29) is 17.7 Å². The van der Waals surface area contributed by atoms with E-state index in [2.05, 4.69) is 15.3 Å². The first kappa shape index (κ1) is 15.4. The molecule has 1 atom stereocenters. The topological polar surface area (TPSA) is 54.9 Å². The number of nitrogens with zero attached hydrogens (tertiary/aromatic N) is 2. The molecule has 0 saturated carbocycles. The highest BCUT2D eigenvalue weighted by molar-refractivity contribution is 6.30. The lowest BCUT2D eigenvalue weighted by atomic mass is 10.00. The molecule has 2 aromatic rings. The lowest BCUT2D eigenvalue weighted by molar-refractivity contribution is -0.117. The summed E-state index contributed by atoms with van der Waals surface area (Å²) in [5.74, 6) is -0.192. The summed E-state index contributed by atoms with van der Waals surface area (Å²) < 4.78 is 0. The number of benzene rings is 1. The molecule has 5 heteroatoms. The fraction of sp³-hybridized carbons (Fsp3) is 0.312. The van der Waals surface area contributed by atoms with E-state index in [9.17, 15) is 4.79 Å². The van der Waals surface area contributed by atoms with Crippen molar-refractivity contribution in [3.8, 4) is 0 Å². The van der Waals surface area contributed by atoms with Gasteiger partial charge in [-0.15, -0.1) is 0 Å². The second-order valence-corrected chi connectivity index (χ2v) is 5.68. The summed E-state index contributed by atoms with van der Waals surface area (Å²) in [6.07, 6.45) is 3.12. The minimum atomic E-state index is -0.302. The maximum absolute atomic E-state index is 12.4. The Hall–Kier alpha value is -1.94. The lowest BCUT2D eigenvalue weighted by Crippen LogP contribution is -2.20. The number of rotatable bonds is 4. The van der Waals surface area contributed by atoms with E-state index >= 15 is 0 Å². The molecule has 1 amide bonds. The molecule has 1 aromatic carbocycles. The fourth-order valence-electron chi connectivity index (χ4n) is 2.06. The van der Waals surface area contributed by atoms with Crippen LogP contribution in [0.1, 0.15) is 43.9 Å². The Bertz CT molecular complexity index is 643. The molecule has 0 aliphatic heterocycles. The van der Waals surface area contributed by atoms with Gasteiger partial charge in [0, 0.05) is 5.02 Å². The van der Waals surface area contributed by atoms with Crippen LogP contribution >= 0.6 is 11.6 Å². The maximum atomic E-state index is 12.4. The summed E-state index contributed by atoms with van der Waals surface area (Å²) in [6.45, 7) is 5.90. The van der Waals surface area contributed by atoms with Crippen LogP contribution < -0.4 is 5.32 Å². The molecule has 4 nitrogen and oxygen atoms in total. The predicted molar refractivity (Wildman–Crippen MR) is 84.6 cm³/mol. The number of aromatic nitrogens is 2. The zero-order valence-corrected chi connectivity index (χ0v) is 13.1. The molecule has 0 fully saturated rings. The molecule has 0 saturated heterocycles. The molecule has 0 bridgehead atoms. The maximum Gasteiger partial charge on any atom is 0.231 e. The second kappa shape index (κ2) is 6.68. The van der Waals surface area contributed by atoms with Gasteiger partial charge in [0.15, 0.2) is 0 Å². The van der Waals surface area contributed by atoms with E-state index in [1.165, 1.54) is 6.33 Å². The van der Waals surface area contributed by atoms with Crippen LogP contribution in [0.2, 0.25) is 5.02 Å². The number of anilines is 1. The third kappa shape index (κ3) is 3.79. The molecule has 1 aromatic heterocycles. The molecule has 0 aliphatic carbocycles. The highest BCUT2D eigenvalue weighted by atomic mass is 35.5. The van der Waals surface area contributed by atoms with Crippen LogP contribution in [-0.2, 0) is 4.79 Å². The highest BCUT2D eigenvalue weighted by Crippen LogP contribution is 2.24. The number of halogens is 1. The van der Waals surface area contributed by atoms with E-state index in [1.54, 1.807) is 18.3 Å². The largest absolute Gasteiger partial charge is 0.323 e. The minimum Gasteiger partial charge on any atom is -0.323 e. The summed E-state index contributed by atoms with van der Waals surface area (Å²) in [5.41, 5.74) is 2.37. The van der Waals surface area contributed by atoms with Crippen molar-refractivity contribution in [2.45, 2.75) is 32.6 Å². The van der Waals surface area contributed by atoms with Gasteiger partial charge in [0.2, 0.25) is 5.91 Å². The van der Waals surface area contributed by atoms with Crippen molar-refractivity contribution >= 4 is 23.2 Å². The lowest BCUT2D eigenvalue weighted by Gasteiger charge is -2.15. The van der Waals surface area contributed by atoms with Crippen LogP contribution in [0.5, 0.6) is 0 Å². The van der Waals surface area contributed by atoms with Crippen LogP contribution in [0.4, 0.5) is 5.69 Å². The number of carbonyl (C=O) groups is 1. The molecule has 1 heterocycles. The molecule has 0 aliphatic rings. The zero-order valence-electron chi connectivity index (χ0n) is 12.3. The first-order valence-electron chi connectivity index (χ1n) is 6.85. The number of amides is 1. The average Bonchev–Trinajstić information content (AvgIpc) is 2.46. The predicted octanol–water partition coefficient (Wildman–Crippen LogP) is 4.00. The van der Waals surface area contributed by atoms with Gasteiger partial charge >= 0.3 is 0 Å². The highest BCUT2D eigenvalue weighted by Gasteiger charge is 2.18. The van der Waals surface area contributed by atoms with E-state index < -0.39 is 0 Å². The van der Waals surface area contributed by atoms with E-state index in [1.807, 2.05) is 32.9 Å². The summed E-state index contributed by atoms with van der Waals surface area (Å²) in [6, 6.07) is 7.32. The number of hydrogen-bond acceptors (Lipinski definition) is 3. The van der Waals surface area contributed by atoms with E-state index in [4.69, 9.17) is 11.6 Å². The van der Waals surface area contributed by atoms with E-state index in [0.29, 0.717) is 10.7 Å². The van der Waals surface area contributed by atoms with Crippen LogP contribution in [0.15, 0.2) is 36.8 Å². The Morgan fingerprint density at radius 2 is 2.05 bits per heavy atom. The van der Waals surface area contributed by atoms with Crippen molar-refractivity contribution < 1.29 is 4.79 Å². The quantitative estimate of drug-likeness (QED) is 0.929. The molecule has 1 unspecified atom stereocenters. The van der Waals surface area contributed by atoms with Crippen LogP contribution in [0.25, 0.3) is 0 Å². The summed E-state index contributed by atoms with van der Waals surface area (Å²) in [7, 11) is 0. The van der Waals surface area contributed by atoms with Gasteiger partial charge in [0.1, 0.15) is 6.33 Å². The third-order valence-electron chi connectivity index (χ3n) is 3.29. The zero-order chi connectivity index (χ0) is 15.4. The van der Waals surface area contributed by atoms with Crippen molar-refractivity contribution in [2.75, 3.05) is 5.32 Å². The van der Waals surface area contributed by atoms with Crippen molar-refractivity contribution in [1.82, 2.24) is 9.97 Å². The van der Waals surface area contributed by atoms with Gasteiger partial charge in [-0.1, -0.05) is 37.6 Å². The molecule has 0 radical (unpaired) electrons. The minimum absolute atomic E-state index is 0.103. The smallest absolute Gasteiger partial charge is 0.231 e. The van der Waals surface area contributed by atoms with Gasteiger partial charge in [0.25, 0.3) is 0 Å². The first-order valence-corrected chi connectivity index (χ1v) is 7.23.